The van der Waals surface area contributed by atoms with Crippen LogP contribution in [0, 0.1) is 5.92 Å². The third kappa shape index (κ3) is 4.65. The summed E-state index contributed by atoms with van der Waals surface area (Å²) in [6, 6.07) is 5.96. The summed E-state index contributed by atoms with van der Waals surface area (Å²) in [5.41, 5.74) is 7.20. The predicted molar refractivity (Wildman–Crippen MR) is 103 cm³/mol. The Morgan fingerprint density at radius 3 is 2.96 bits per heavy atom. The van der Waals surface area contributed by atoms with Gasteiger partial charge in [0.1, 0.15) is 0 Å². The molecule has 0 aliphatic carbocycles. The molecule has 0 saturated carbocycles. The third-order valence-electron chi connectivity index (χ3n) is 4.25. The molecule has 1 unspecified atom stereocenters. The predicted octanol–water partition coefficient (Wildman–Crippen LogP) is 3.01. The average Bonchev–Trinajstić information content (AvgIpc) is 2.78. The first kappa shape index (κ1) is 18.2. The van der Waals surface area contributed by atoms with E-state index in [2.05, 4.69) is 16.8 Å². The van der Waals surface area contributed by atoms with E-state index in [4.69, 9.17) is 15.2 Å². The number of para-hydroxylation sites is 1. The van der Waals surface area contributed by atoms with Crippen molar-refractivity contribution in [3.05, 3.63) is 23.8 Å². The van der Waals surface area contributed by atoms with E-state index in [1.54, 1.807) is 0 Å². The Morgan fingerprint density at radius 1 is 1.30 bits per heavy atom. The summed E-state index contributed by atoms with van der Waals surface area (Å²) in [6.07, 6.45) is 3.38. The molecule has 1 fully saturated rings. The number of nitrogens with two attached hydrogens (primary N) is 1. The van der Waals surface area contributed by atoms with E-state index in [0.29, 0.717) is 31.6 Å². The number of nitrogens with zero attached hydrogens (tertiary/aromatic N) is 2. The van der Waals surface area contributed by atoms with Crippen LogP contribution in [0.4, 0.5) is 0 Å². The molecular weight excluding hydrogens is 405 g/mol. The van der Waals surface area contributed by atoms with Crippen LogP contribution in [0.5, 0.6) is 11.5 Å². The first-order chi connectivity index (χ1) is 10.7. The fourth-order valence-electron chi connectivity index (χ4n) is 3.04. The maximum absolute atomic E-state index is 6.17. The van der Waals surface area contributed by atoms with E-state index in [0.717, 1.165) is 36.6 Å². The highest BCUT2D eigenvalue weighted by molar-refractivity contribution is 14.0. The van der Waals surface area contributed by atoms with Crippen LogP contribution < -0.4 is 15.2 Å². The maximum atomic E-state index is 6.17. The summed E-state index contributed by atoms with van der Waals surface area (Å²) < 4.78 is 11.5. The molecule has 2 N–H and O–H groups in total. The Labute approximate surface area is 155 Å². The number of hydrogen-bond acceptors (Lipinski definition) is 3. The largest absolute Gasteiger partial charge is 0.490 e. The van der Waals surface area contributed by atoms with Crippen LogP contribution in [-0.2, 0) is 6.54 Å². The Kier molecular flexibility index (Phi) is 6.80. The summed E-state index contributed by atoms with van der Waals surface area (Å²) in [4.78, 5) is 6.76. The maximum Gasteiger partial charge on any atom is 0.191 e. The standard InChI is InChI=1S/C17H25N3O2.HI/c1-13-5-3-8-20(12-13)17(18)19-11-14-6-2-7-15-16(14)22-10-4-9-21-15;/h2,6-7,13H,3-5,8-12H2,1H3,(H2,18,19);1H. The van der Waals surface area contributed by atoms with Crippen LogP contribution in [0.3, 0.4) is 0 Å². The molecule has 2 heterocycles. The summed E-state index contributed by atoms with van der Waals surface area (Å²) in [5, 5.41) is 0. The van der Waals surface area contributed by atoms with Crippen molar-refractivity contribution in [2.45, 2.75) is 32.7 Å². The molecule has 1 aromatic rings. The molecule has 1 aromatic carbocycles. The Bertz CT molecular complexity index is 551. The number of fused-ring (bicyclic) bond motifs is 1. The number of benzene rings is 1. The normalized spacial score (nSPS) is 21.3. The van der Waals surface area contributed by atoms with Gasteiger partial charge in [0.2, 0.25) is 0 Å². The average molecular weight is 431 g/mol. The molecule has 3 rings (SSSR count). The van der Waals surface area contributed by atoms with E-state index in [-0.39, 0.29) is 24.0 Å². The third-order valence-corrected chi connectivity index (χ3v) is 4.25. The van der Waals surface area contributed by atoms with Crippen molar-refractivity contribution in [2.24, 2.45) is 16.6 Å². The molecule has 0 spiro atoms. The minimum absolute atomic E-state index is 0. The van der Waals surface area contributed by atoms with Crippen LogP contribution in [0.15, 0.2) is 23.2 Å². The summed E-state index contributed by atoms with van der Waals surface area (Å²) in [6.45, 7) is 6.19. The number of ether oxygens (including phenoxy) is 2. The Balaban J connectivity index is 0.00000192. The molecule has 23 heavy (non-hydrogen) atoms. The minimum Gasteiger partial charge on any atom is -0.490 e. The molecule has 5 nitrogen and oxygen atoms in total. The molecule has 0 bridgehead atoms. The van der Waals surface area contributed by atoms with Crippen LogP contribution in [0.1, 0.15) is 31.7 Å². The van der Waals surface area contributed by atoms with Crippen molar-refractivity contribution < 1.29 is 9.47 Å². The molecule has 1 saturated heterocycles. The highest BCUT2D eigenvalue weighted by Gasteiger charge is 2.18. The smallest absolute Gasteiger partial charge is 0.191 e. The molecular formula is C17H26IN3O2. The van der Waals surface area contributed by atoms with Crippen molar-refractivity contribution in [1.82, 2.24) is 4.90 Å². The zero-order chi connectivity index (χ0) is 15.4. The number of guanidine groups is 1. The lowest BCUT2D eigenvalue weighted by atomic mass is 10.0. The van der Waals surface area contributed by atoms with Crippen LogP contribution >= 0.6 is 24.0 Å². The number of piperidine rings is 1. The quantitative estimate of drug-likeness (QED) is 0.445. The van der Waals surface area contributed by atoms with Crippen LogP contribution in [-0.4, -0.2) is 37.2 Å². The Morgan fingerprint density at radius 2 is 2.13 bits per heavy atom. The first-order valence-electron chi connectivity index (χ1n) is 8.16. The van der Waals surface area contributed by atoms with Crippen LogP contribution in [0.25, 0.3) is 0 Å². The van der Waals surface area contributed by atoms with Gasteiger partial charge in [0.25, 0.3) is 0 Å². The van der Waals surface area contributed by atoms with E-state index >= 15 is 0 Å². The summed E-state index contributed by atoms with van der Waals surface area (Å²) in [7, 11) is 0. The topological polar surface area (TPSA) is 60.1 Å². The molecule has 128 valence electrons. The molecule has 0 aromatic heterocycles. The van der Waals surface area contributed by atoms with Crippen molar-refractivity contribution in [2.75, 3.05) is 26.3 Å². The number of halogens is 1. The van der Waals surface area contributed by atoms with Gasteiger partial charge in [-0.3, -0.25) is 0 Å². The number of aliphatic imine (C=N–C) groups is 1. The lowest BCUT2D eigenvalue weighted by molar-refractivity contribution is 0.270. The minimum atomic E-state index is 0. The van der Waals surface area contributed by atoms with Crippen LogP contribution in [0.2, 0.25) is 0 Å². The van der Waals surface area contributed by atoms with Crippen molar-refractivity contribution in [3.8, 4) is 11.5 Å². The van der Waals surface area contributed by atoms with E-state index < -0.39 is 0 Å². The van der Waals surface area contributed by atoms with Gasteiger partial charge in [0.05, 0.1) is 19.8 Å². The van der Waals surface area contributed by atoms with Gasteiger partial charge in [-0.2, -0.15) is 0 Å². The Hall–Kier alpha value is -1.18. The van der Waals surface area contributed by atoms with Gasteiger partial charge in [-0.15, -0.1) is 24.0 Å². The van der Waals surface area contributed by atoms with Crippen molar-refractivity contribution >= 4 is 29.9 Å². The molecule has 2 aliphatic rings. The number of rotatable bonds is 2. The number of likely N-dealkylation sites (tertiary alicyclic amines) is 1. The summed E-state index contributed by atoms with van der Waals surface area (Å²) in [5.74, 6) is 2.96. The van der Waals surface area contributed by atoms with E-state index in [9.17, 15) is 0 Å². The summed E-state index contributed by atoms with van der Waals surface area (Å²) >= 11 is 0. The molecule has 0 radical (unpaired) electrons. The fraction of sp³-hybridized carbons (Fsp3) is 0.588. The first-order valence-corrected chi connectivity index (χ1v) is 8.16. The second-order valence-corrected chi connectivity index (χ2v) is 6.16. The van der Waals surface area contributed by atoms with Gasteiger partial charge < -0.3 is 20.1 Å². The van der Waals surface area contributed by atoms with Gasteiger partial charge in [0.15, 0.2) is 17.5 Å². The van der Waals surface area contributed by atoms with Crippen molar-refractivity contribution in [3.63, 3.8) is 0 Å². The second kappa shape index (κ2) is 8.61. The van der Waals surface area contributed by atoms with Crippen molar-refractivity contribution in [1.29, 1.82) is 0 Å². The zero-order valence-corrected chi connectivity index (χ0v) is 16.0. The van der Waals surface area contributed by atoms with E-state index in [1.165, 1.54) is 12.8 Å². The fourth-order valence-corrected chi connectivity index (χ4v) is 3.04. The zero-order valence-electron chi connectivity index (χ0n) is 13.7. The molecule has 6 heteroatoms. The lowest BCUT2D eigenvalue weighted by Crippen LogP contribution is -2.43. The van der Waals surface area contributed by atoms with Gasteiger partial charge in [-0.25, -0.2) is 4.99 Å². The SMILES string of the molecule is CC1CCCN(C(N)=NCc2cccc3c2OCCCO3)C1.I. The highest BCUT2D eigenvalue weighted by atomic mass is 127. The molecule has 0 amide bonds. The second-order valence-electron chi connectivity index (χ2n) is 6.16. The van der Waals surface area contributed by atoms with Gasteiger partial charge in [-0.05, 0) is 24.8 Å². The van der Waals surface area contributed by atoms with Gasteiger partial charge in [-0.1, -0.05) is 19.1 Å². The molecule has 2 aliphatic heterocycles. The number of hydrogen-bond donors (Lipinski definition) is 1. The van der Waals surface area contributed by atoms with Gasteiger partial charge in [0, 0.05) is 25.1 Å². The lowest BCUT2D eigenvalue weighted by Gasteiger charge is -2.31. The van der Waals surface area contributed by atoms with E-state index in [1.807, 2.05) is 18.2 Å². The molecule has 1 atom stereocenters. The monoisotopic (exact) mass is 431 g/mol. The van der Waals surface area contributed by atoms with Gasteiger partial charge >= 0.3 is 0 Å². The highest BCUT2D eigenvalue weighted by Crippen LogP contribution is 2.33.